The average molecular weight is 306 g/mol. The minimum absolute atomic E-state index is 0. The summed E-state index contributed by atoms with van der Waals surface area (Å²) in [6.07, 6.45) is 2.87. The normalized spacial score (nSPS) is 13.5. The Bertz CT molecular complexity index is 384. The molecule has 0 saturated heterocycles. The molecule has 0 bridgehead atoms. The van der Waals surface area contributed by atoms with E-state index in [2.05, 4.69) is 24.1 Å². The zero-order valence-corrected chi connectivity index (χ0v) is 13.4. The number of amides is 1. The first-order chi connectivity index (χ1) is 8.56. The van der Waals surface area contributed by atoms with E-state index in [0.717, 1.165) is 24.3 Å². The summed E-state index contributed by atoms with van der Waals surface area (Å²) in [5.74, 6) is 0.550. The zero-order valence-electron chi connectivity index (χ0n) is 11.8. The quantitative estimate of drug-likeness (QED) is 0.813. The largest absolute Gasteiger partial charge is 0.348 e. The third kappa shape index (κ3) is 6.36. The number of nitrogens with one attached hydrogen (secondary N) is 1. The Morgan fingerprint density at radius 2 is 2.21 bits per heavy atom. The van der Waals surface area contributed by atoms with Crippen LogP contribution in [0.25, 0.3) is 0 Å². The Kier molecular flexibility index (Phi) is 8.97. The van der Waals surface area contributed by atoms with Crippen LogP contribution in [0.1, 0.15) is 49.1 Å². The SMILES string of the molecule is CCC(C)CC(C)NC(=O)c1csc(CCN)n1.Cl. The molecule has 0 aliphatic heterocycles. The Balaban J connectivity index is 0.00000324. The van der Waals surface area contributed by atoms with Crippen LogP contribution in [0.15, 0.2) is 5.38 Å². The van der Waals surface area contributed by atoms with Crippen molar-refractivity contribution >= 4 is 29.7 Å². The van der Waals surface area contributed by atoms with Gasteiger partial charge in [-0.15, -0.1) is 23.7 Å². The molecule has 110 valence electrons. The van der Waals surface area contributed by atoms with Gasteiger partial charge in [0, 0.05) is 17.8 Å². The molecule has 0 aromatic carbocycles. The summed E-state index contributed by atoms with van der Waals surface area (Å²) in [5.41, 5.74) is 5.98. The molecule has 0 aliphatic rings. The smallest absolute Gasteiger partial charge is 0.270 e. The Morgan fingerprint density at radius 3 is 2.79 bits per heavy atom. The number of nitrogens with zero attached hydrogens (tertiary/aromatic N) is 1. The molecule has 0 spiro atoms. The molecule has 1 amide bonds. The van der Waals surface area contributed by atoms with Crippen LogP contribution in [-0.4, -0.2) is 23.5 Å². The lowest BCUT2D eigenvalue weighted by atomic mass is 10.0. The standard InChI is InChI=1S/C13H23N3OS.ClH/c1-4-9(2)7-10(3)15-13(17)11-8-18-12(16-11)5-6-14;/h8-10H,4-7,14H2,1-3H3,(H,15,17);1H. The van der Waals surface area contributed by atoms with Gasteiger partial charge in [-0.3, -0.25) is 4.79 Å². The molecule has 1 aromatic heterocycles. The molecule has 0 radical (unpaired) electrons. The lowest BCUT2D eigenvalue weighted by molar-refractivity contribution is 0.0931. The summed E-state index contributed by atoms with van der Waals surface area (Å²) in [6, 6.07) is 0.187. The van der Waals surface area contributed by atoms with Crippen molar-refractivity contribution in [3.05, 3.63) is 16.1 Å². The van der Waals surface area contributed by atoms with E-state index in [4.69, 9.17) is 5.73 Å². The van der Waals surface area contributed by atoms with Gasteiger partial charge in [0.15, 0.2) is 0 Å². The molecule has 3 N–H and O–H groups in total. The number of aromatic nitrogens is 1. The van der Waals surface area contributed by atoms with Crippen molar-refractivity contribution in [2.75, 3.05) is 6.54 Å². The average Bonchev–Trinajstić information content (AvgIpc) is 2.77. The van der Waals surface area contributed by atoms with E-state index >= 15 is 0 Å². The second-order valence-corrected chi connectivity index (χ2v) is 5.73. The van der Waals surface area contributed by atoms with Crippen molar-refractivity contribution in [2.45, 2.75) is 46.1 Å². The highest BCUT2D eigenvalue weighted by molar-refractivity contribution is 7.09. The van der Waals surface area contributed by atoms with E-state index in [1.165, 1.54) is 11.3 Å². The first-order valence-corrected chi connectivity index (χ1v) is 7.40. The predicted octanol–water partition coefficient (Wildman–Crippen LogP) is 2.62. The zero-order chi connectivity index (χ0) is 13.5. The number of thiazole rings is 1. The number of hydrogen-bond acceptors (Lipinski definition) is 4. The fourth-order valence-electron chi connectivity index (χ4n) is 1.78. The molecule has 1 aromatic rings. The number of hydrogen-bond donors (Lipinski definition) is 2. The maximum Gasteiger partial charge on any atom is 0.270 e. The molecule has 4 nitrogen and oxygen atoms in total. The third-order valence-corrected chi connectivity index (χ3v) is 3.88. The monoisotopic (exact) mass is 305 g/mol. The lowest BCUT2D eigenvalue weighted by Crippen LogP contribution is -2.33. The fourth-order valence-corrected chi connectivity index (χ4v) is 2.57. The number of carbonyl (C=O) groups excluding carboxylic acids is 1. The van der Waals surface area contributed by atoms with Crippen molar-refractivity contribution in [3.63, 3.8) is 0 Å². The van der Waals surface area contributed by atoms with Crippen LogP contribution in [0.2, 0.25) is 0 Å². The van der Waals surface area contributed by atoms with Crippen LogP contribution in [0.4, 0.5) is 0 Å². The van der Waals surface area contributed by atoms with Crippen molar-refractivity contribution in [1.82, 2.24) is 10.3 Å². The molecular formula is C13H24ClN3OS. The summed E-state index contributed by atoms with van der Waals surface area (Å²) in [5, 5.41) is 5.72. The minimum atomic E-state index is -0.0784. The summed E-state index contributed by atoms with van der Waals surface area (Å²) in [4.78, 5) is 16.2. The lowest BCUT2D eigenvalue weighted by Gasteiger charge is -2.16. The van der Waals surface area contributed by atoms with Gasteiger partial charge in [-0.2, -0.15) is 0 Å². The molecule has 2 atom stereocenters. The number of rotatable bonds is 7. The summed E-state index contributed by atoms with van der Waals surface area (Å²) >= 11 is 1.50. The first-order valence-electron chi connectivity index (χ1n) is 6.52. The van der Waals surface area contributed by atoms with E-state index in [0.29, 0.717) is 18.2 Å². The van der Waals surface area contributed by atoms with Crippen molar-refractivity contribution < 1.29 is 4.79 Å². The van der Waals surface area contributed by atoms with Gasteiger partial charge < -0.3 is 11.1 Å². The Hall–Kier alpha value is -0.650. The van der Waals surface area contributed by atoms with Crippen molar-refractivity contribution in [1.29, 1.82) is 0 Å². The van der Waals surface area contributed by atoms with E-state index in [-0.39, 0.29) is 24.4 Å². The summed E-state index contributed by atoms with van der Waals surface area (Å²) < 4.78 is 0. The number of carbonyl (C=O) groups is 1. The van der Waals surface area contributed by atoms with Crippen molar-refractivity contribution in [2.24, 2.45) is 11.7 Å². The van der Waals surface area contributed by atoms with Gasteiger partial charge in [0.2, 0.25) is 0 Å². The van der Waals surface area contributed by atoms with Gasteiger partial charge in [-0.25, -0.2) is 4.98 Å². The predicted molar refractivity (Wildman–Crippen MR) is 83.1 cm³/mol. The maximum absolute atomic E-state index is 11.9. The molecule has 0 aliphatic carbocycles. The van der Waals surface area contributed by atoms with Crippen molar-refractivity contribution in [3.8, 4) is 0 Å². The third-order valence-electron chi connectivity index (χ3n) is 2.97. The summed E-state index contributed by atoms with van der Waals surface area (Å²) in [7, 11) is 0. The minimum Gasteiger partial charge on any atom is -0.348 e. The summed E-state index contributed by atoms with van der Waals surface area (Å²) in [6.45, 7) is 6.97. The van der Waals surface area contributed by atoms with Crippen LogP contribution in [0.5, 0.6) is 0 Å². The van der Waals surface area contributed by atoms with Crippen LogP contribution in [-0.2, 0) is 6.42 Å². The van der Waals surface area contributed by atoms with Crippen LogP contribution in [0.3, 0.4) is 0 Å². The van der Waals surface area contributed by atoms with Gasteiger partial charge in [0.25, 0.3) is 5.91 Å². The molecule has 6 heteroatoms. The highest BCUT2D eigenvalue weighted by Crippen LogP contribution is 2.12. The second kappa shape index (κ2) is 9.28. The first kappa shape index (κ1) is 18.4. The molecule has 0 fully saturated rings. The Morgan fingerprint density at radius 1 is 1.53 bits per heavy atom. The van der Waals surface area contributed by atoms with Gasteiger partial charge in [0.1, 0.15) is 5.69 Å². The van der Waals surface area contributed by atoms with Gasteiger partial charge >= 0.3 is 0 Å². The highest BCUT2D eigenvalue weighted by Gasteiger charge is 2.14. The Labute approximate surface area is 125 Å². The van der Waals surface area contributed by atoms with Crippen LogP contribution in [0, 0.1) is 5.92 Å². The molecule has 1 heterocycles. The maximum atomic E-state index is 11.9. The number of halogens is 1. The molecule has 0 saturated carbocycles. The molecule has 2 unspecified atom stereocenters. The highest BCUT2D eigenvalue weighted by atomic mass is 35.5. The second-order valence-electron chi connectivity index (χ2n) is 4.79. The van der Waals surface area contributed by atoms with E-state index in [1.54, 1.807) is 5.38 Å². The van der Waals surface area contributed by atoms with Gasteiger partial charge in [0.05, 0.1) is 5.01 Å². The molecule has 19 heavy (non-hydrogen) atoms. The van der Waals surface area contributed by atoms with Crippen LogP contribution >= 0.6 is 23.7 Å². The molecule has 1 rings (SSSR count). The van der Waals surface area contributed by atoms with E-state index < -0.39 is 0 Å². The van der Waals surface area contributed by atoms with E-state index in [9.17, 15) is 4.79 Å². The fraction of sp³-hybridized carbons (Fsp3) is 0.692. The van der Waals surface area contributed by atoms with Gasteiger partial charge in [-0.05, 0) is 25.8 Å². The van der Waals surface area contributed by atoms with E-state index in [1.807, 2.05) is 6.92 Å². The molecular weight excluding hydrogens is 282 g/mol. The number of nitrogens with two attached hydrogens (primary N) is 1. The topological polar surface area (TPSA) is 68.0 Å². The van der Waals surface area contributed by atoms with Crippen LogP contribution < -0.4 is 11.1 Å². The van der Waals surface area contributed by atoms with Gasteiger partial charge in [-0.1, -0.05) is 20.3 Å².